The lowest BCUT2D eigenvalue weighted by molar-refractivity contribution is 0.0500. The van der Waals surface area contributed by atoms with Crippen molar-refractivity contribution < 1.29 is 19.1 Å². The second-order valence-corrected chi connectivity index (χ2v) is 5.73. The molecule has 0 saturated carbocycles. The van der Waals surface area contributed by atoms with Crippen molar-refractivity contribution >= 4 is 17.7 Å². The summed E-state index contributed by atoms with van der Waals surface area (Å²) in [7, 11) is 1.60. The fourth-order valence-corrected chi connectivity index (χ4v) is 2.22. The molecule has 0 unspecified atom stereocenters. The lowest BCUT2D eigenvalue weighted by Gasteiger charge is -2.09. The number of anilines is 1. The van der Waals surface area contributed by atoms with E-state index >= 15 is 0 Å². The third-order valence-electron chi connectivity index (χ3n) is 3.70. The maximum atomic E-state index is 12.0. The molecule has 2 rings (SSSR count). The summed E-state index contributed by atoms with van der Waals surface area (Å²) in [5.74, 6) is 0.388. The number of benzene rings is 2. The van der Waals surface area contributed by atoms with Crippen LogP contribution in [0.4, 0.5) is 10.5 Å². The van der Waals surface area contributed by atoms with Crippen LogP contribution in [-0.4, -0.2) is 25.7 Å². The van der Waals surface area contributed by atoms with Crippen molar-refractivity contribution in [1.82, 2.24) is 5.32 Å². The van der Waals surface area contributed by atoms with Gasteiger partial charge in [0.25, 0.3) is 0 Å². The molecule has 2 aromatic carbocycles. The summed E-state index contributed by atoms with van der Waals surface area (Å²) in [6.07, 6.45) is 1.82. The number of hydrogen-bond donors (Lipinski definition) is 2. The SMILES string of the molecule is CCCCOC(=O)c1ccc(NC(=O)NCc2cccc(OC)c2)cc1. The molecule has 26 heavy (non-hydrogen) atoms. The third kappa shape index (κ3) is 6.12. The molecule has 0 radical (unpaired) electrons. The fourth-order valence-electron chi connectivity index (χ4n) is 2.22. The first-order valence-electron chi connectivity index (χ1n) is 8.57. The van der Waals surface area contributed by atoms with Gasteiger partial charge in [0.15, 0.2) is 0 Å². The highest BCUT2D eigenvalue weighted by Gasteiger charge is 2.08. The number of unbranched alkanes of at least 4 members (excludes halogenated alkanes) is 1. The van der Waals surface area contributed by atoms with Crippen LogP contribution in [0.2, 0.25) is 0 Å². The summed E-state index contributed by atoms with van der Waals surface area (Å²) in [6.45, 7) is 2.83. The minimum absolute atomic E-state index is 0.328. The lowest BCUT2D eigenvalue weighted by Crippen LogP contribution is -2.28. The standard InChI is InChI=1S/C20H24N2O4/c1-3-4-12-26-19(23)16-8-10-17(11-9-16)22-20(24)21-14-15-6-5-7-18(13-15)25-2/h5-11,13H,3-4,12,14H2,1-2H3,(H2,21,22,24). The summed E-state index contributed by atoms with van der Waals surface area (Å²) in [4.78, 5) is 23.8. The van der Waals surface area contributed by atoms with E-state index in [0.717, 1.165) is 24.2 Å². The maximum absolute atomic E-state index is 12.0. The quantitative estimate of drug-likeness (QED) is 0.554. The summed E-state index contributed by atoms with van der Waals surface area (Å²) in [6, 6.07) is 13.7. The second-order valence-electron chi connectivity index (χ2n) is 5.73. The number of ether oxygens (including phenoxy) is 2. The molecule has 6 nitrogen and oxygen atoms in total. The van der Waals surface area contributed by atoms with E-state index in [4.69, 9.17) is 9.47 Å². The molecule has 2 aromatic rings. The Morgan fingerprint density at radius 1 is 1.08 bits per heavy atom. The zero-order valence-electron chi connectivity index (χ0n) is 15.1. The predicted molar refractivity (Wildman–Crippen MR) is 100 cm³/mol. The Kier molecular flexibility index (Phi) is 7.49. The summed E-state index contributed by atoms with van der Waals surface area (Å²) < 4.78 is 10.3. The monoisotopic (exact) mass is 356 g/mol. The average Bonchev–Trinajstić information content (AvgIpc) is 2.67. The Morgan fingerprint density at radius 3 is 2.54 bits per heavy atom. The molecule has 0 aromatic heterocycles. The van der Waals surface area contributed by atoms with Gasteiger partial charge in [-0.15, -0.1) is 0 Å². The van der Waals surface area contributed by atoms with Gasteiger partial charge >= 0.3 is 12.0 Å². The molecule has 0 saturated heterocycles. The van der Waals surface area contributed by atoms with Crippen molar-refractivity contribution in [1.29, 1.82) is 0 Å². The summed E-state index contributed by atoms with van der Waals surface area (Å²) in [5.41, 5.74) is 1.99. The van der Waals surface area contributed by atoms with Crippen molar-refractivity contribution in [2.45, 2.75) is 26.3 Å². The van der Waals surface area contributed by atoms with Crippen LogP contribution in [-0.2, 0) is 11.3 Å². The molecule has 6 heteroatoms. The largest absolute Gasteiger partial charge is 0.497 e. The van der Waals surface area contributed by atoms with Crippen molar-refractivity contribution in [2.24, 2.45) is 0 Å². The Labute approximate surface area is 153 Å². The van der Waals surface area contributed by atoms with Gasteiger partial charge in [0.2, 0.25) is 0 Å². The minimum atomic E-state index is -0.354. The normalized spacial score (nSPS) is 10.1. The third-order valence-corrected chi connectivity index (χ3v) is 3.70. The second kappa shape index (κ2) is 10.1. The Balaban J connectivity index is 1.82. The molecule has 0 aliphatic carbocycles. The van der Waals surface area contributed by atoms with Crippen LogP contribution < -0.4 is 15.4 Å². The molecule has 2 N–H and O–H groups in total. The summed E-state index contributed by atoms with van der Waals surface area (Å²) in [5, 5.41) is 5.50. The van der Waals surface area contributed by atoms with Gasteiger partial charge in [0.1, 0.15) is 5.75 Å². The van der Waals surface area contributed by atoms with Gasteiger partial charge in [-0.05, 0) is 48.4 Å². The van der Waals surface area contributed by atoms with Gasteiger partial charge in [0.05, 0.1) is 19.3 Å². The highest BCUT2D eigenvalue weighted by molar-refractivity contribution is 5.92. The fraction of sp³-hybridized carbons (Fsp3) is 0.300. The number of amides is 2. The number of urea groups is 1. The van der Waals surface area contributed by atoms with Crippen molar-refractivity contribution in [3.63, 3.8) is 0 Å². The number of carbonyl (C=O) groups excluding carboxylic acids is 2. The van der Waals surface area contributed by atoms with Crippen LogP contribution in [0, 0.1) is 0 Å². The van der Waals surface area contributed by atoms with E-state index in [1.165, 1.54) is 0 Å². The zero-order valence-corrected chi connectivity index (χ0v) is 15.1. The molecule has 0 bridgehead atoms. The van der Waals surface area contributed by atoms with E-state index in [1.54, 1.807) is 31.4 Å². The molecule has 0 aliphatic heterocycles. The first-order valence-corrected chi connectivity index (χ1v) is 8.57. The average molecular weight is 356 g/mol. The first-order chi connectivity index (χ1) is 12.6. The highest BCUT2D eigenvalue weighted by Crippen LogP contribution is 2.13. The number of methoxy groups -OCH3 is 1. The van der Waals surface area contributed by atoms with Crippen molar-refractivity contribution in [2.75, 3.05) is 19.0 Å². The Morgan fingerprint density at radius 2 is 1.85 bits per heavy atom. The molecule has 0 heterocycles. The highest BCUT2D eigenvalue weighted by atomic mass is 16.5. The van der Waals surface area contributed by atoms with E-state index < -0.39 is 0 Å². The van der Waals surface area contributed by atoms with E-state index in [0.29, 0.717) is 24.4 Å². The van der Waals surface area contributed by atoms with E-state index in [9.17, 15) is 9.59 Å². The Hall–Kier alpha value is -3.02. The van der Waals surface area contributed by atoms with Gasteiger partial charge in [-0.1, -0.05) is 25.5 Å². The molecule has 2 amide bonds. The predicted octanol–water partition coefficient (Wildman–Crippen LogP) is 3.97. The molecule has 138 valence electrons. The number of nitrogens with one attached hydrogen (secondary N) is 2. The Bertz CT molecular complexity index is 729. The molecule has 0 aliphatic rings. The minimum Gasteiger partial charge on any atom is -0.497 e. The van der Waals surface area contributed by atoms with Gasteiger partial charge < -0.3 is 20.1 Å². The van der Waals surface area contributed by atoms with Crippen LogP contribution >= 0.6 is 0 Å². The van der Waals surface area contributed by atoms with E-state index in [2.05, 4.69) is 10.6 Å². The first kappa shape index (κ1) is 19.3. The number of rotatable bonds is 8. The maximum Gasteiger partial charge on any atom is 0.338 e. The van der Waals surface area contributed by atoms with Gasteiger partial charge in [-0.25, -0.2) is 9.59 Å². The molecular weight excluding hydrogens is 332 g/mol. The molecular formula is C20H24N2O4. The van der Waals surface area contributed by atoms with Gasteiger partial charge in [-0.2, -0.15) is 0 Å². The van der Waals surface area contributed by atoms with Crippen molar-refractivity contribution in [3.05, 3.63) is 59.7 Å². The lowest BCUT2D eigenvalue weighted by atomic mass is 10.2. The van der Waals surface area contributed by atoms with E-state index in [-0.39, 0.29) is 12.0 Å². The topological polar surface area (TPSA) is 76.7 Å². The van der Waals surface area contributed by atoms with Crippen LogP contribution in [0.1, 0.15) is 35.7 Å². The number of carbonyl (C=O) groups is 2. The van der Waals surface area contributed by atoms with Crippen molar-refractivity contribution in [3.8, 4) is 5.75 Å². The van der Waals surface area contributed by atoms with Crippen LogP contribution in [0.15, 0.2) is 48.5 Å². The van der Waals surface area contributed by atoms with E-state index in [1.807, 2.05) is 31.2 Å². The molecule has 0 fully saturated rings. The van der Waals surface area contributed by atoms with Gasteiger partial charge in [-0.3, -0.25) is 0 Å². The number of hydrogen-bond acceptors (Lipinski definition) is 4. The van der Waals surface area contributed by atoms with Gasteiger partial charge in [0, 0.05) is 12.2 Å². The summed E-state index contributed by atoms with van der Waals surface area (Å²) >= 11 is 0. The molecule has 0 atom stereocenters. The smallest absolute Gasteiger partial charge is 0.338 e. The molecule has 0 spiro atoms. The van der Waals surface area contributed by atoms with Crippen LogP contribution in [0.5, 0.6) is 5.75 Å². The van der Waals surface area contributed by atoms with Crippen LogP contribution in [0.25, 0.3) is 0 Å². The number of esters is 1. The zero-order chi connectivity index (χ0) is 18.8. The van der Waals surface area contributed by atoms with Crippen LogP contribution in [0.3, 0.4) is 0 Å².